The molecule has 0 spiro atoms. The lowest BCUT2D eigenvalue weighted by Gasteiger charge is -2.44. The average Bonchev–Trinajstić information content (AvgIpc) is 3.28. The number of hydrogen-bond donors (Lipinski definition) is 0. The van der Waals surface area contributed by atoms with E-state index in [2.05, 4.69) is 4.98 Å². The van der Waals surface area contributed by atoms with Gasteiger partial charge in [0.15, 0.2) is 88.7 Å². The second-order valence-electron chi connectivity index (χ2n) is 13.1. The highest BCUT2D eigenvalue weighted by atomic mass is 19.2. The molecule has 0 fully saturated rings. The summed E-state index contributed by atoms with van der Waals surface area (Å²) in [6.07, 6.45) is 0.924. The number of carbonyl (C=O) groups is 1. The Morgan fingerprint density at radius 1 is 0.453 bits per heavy atom. The van der Waals surface area contributed by atoms with Crippen LogP contribution in [0, 0.1) is 116 Å². The third-order valence-corrected chi connectivity index (χ3v) is 9.39. The predicted octanol–water partition coefficient (Wildman–Crippen LogP) is 7.83. The van der Waals surface area contributed by atoms with Crippen LogP contribution in [0.2, 0.25) is 0 Å². The normalized spacial score (nSPS) is 11.5. The first-order valence-corrected chi connectivity index (χ1v) is 17.3. The fourth-order valence-corrected chi connectivity index (χ4v) is 6.56. The molecule has 0 N–H and O–H groups in total. The van der Waals surface area contributed by atoms with Gasteiger partial charge >= 0.3 is 5.97 Å². The summed E-state index contributed by atoms with van der Waals surface area (Å²) >= 11 is 0. The summed E-state index contributed by atoms with van der Waals surface area (Å²) in [5.74, 6) is -71.7. The van der Waals surface area contributed by atoms with Gasteiger partial charge in [-0.1, -0.05) is 19.1 Å². The number of ether oxygens (including phenoxy) is 1. The number of nitrogens with zero attached hydrogens (tertiary/aromatic N) is 2. The van der Waals surface area contributed by atoms with Gasteiger partial charge in [0.25, 0.3) is 0 Å². The minimum absolute atomic E-state index is 0.259. The van der Waals surface area contributed by atoms with Gasteiger partial charge in [-0.3, -0.25) is 4.98 Å². The Balaban J connectivity index is 0.000000337. The monoisotopic (exact) mass is 936 g/mol. The van der Waals surface area contributed by atoms with E-state index in [0.717, 1.165) is 18.5 Å². The summed E-state index contributed by atoms with van der Waals surface area (Å²) in [5.41, 5.74) is -12.6. The predicted molar refractivity (Wildman–Crippen MR) is 180 cm³/mol. The van der Waals surface area contributed by atoms with Crippen molar-refractivity contribution in [3.8, 4) is 0 Å². The summed E-state index contributed by atoms with van der Waals surface area (Å²) in [7, 11) is 0. The minimum Gasteiger partial charge on any atom is -0.462 e. The SMILES string of the molecule is CCCOC(=O)c1ccc(C[n+]2ccncc2)cc1.Fc1c(F)c(F)c([B-](c2c(F)c(F)c(F)c(F)c2F)(c2c(F)c(F)c(F)c(F)c2F)c2c(F)c(F)c(F)c(F)c2F)c(F)c1F. The molecule has 0 aliphatic carbocycles. The van der Waals surface area contributed by atoms with E-state index in [-0.39, 0.29) is 5.97 Å². The Labute approximate surface area is 343 Å². The largest absolute Gasteiger partial charge is 0.462 e. The van der Waals surface area contributed by atoms with Crippen molar-refractivity contribution in [3.05, 3.63) is 177 Å². The molecule has 0 bridgehead atoms. The summed E-state index contributed by atoms with van der Waals surface area (Å²) in [4.78, 5) is 15.6. The van der Waals surface area contributed by atoms with E-state index < -0.39 is 144 Å². The first-order valence-electron chi connectivity index (χ1n) is 17.3. The molecule has 0 atom stereocenters. The van der Waals surface area contributed by atoms with Crippen molar-refractivity contribution in [2.45, 2.75) is 19.9 Å². The molecule has 0 saturated carbocycles. The van der Waals surface area contributed by atoms with Gasteiger partial charge in [0.1, 0.15) is 52.7 Å². The Hall–Kier alpha value is -6.69. The topological polar surface area (TPSA) is 43.1 Å². The third kappa shape index (κ3) is 7.95. The van der Waals surface area contributed by atoms with Crippen LogP contribution in [0.15, 0.2) is 49.1 Å². The van der Waals surface area contributed by atoms with Crippen LogP contribution < -0.4 is 26.4 Å². The first kappa shape index (κ1) is 48.3. The van der Waals surface area contributed by atoms with Crippen LogP contribution in [-0.4, -0.2) is 23.7 Å². The fourth-order valence-electron chi connectivity index (χ4n) is 6.56. The van der Waals surface area contributed by atoms with Crippen LogP contribution in [0.1, 0.15) is 29.3 Å². The molecule has 6 aromatic rings. The first-order chi connectivity index (χ1) is 30.0. The van der Waals surface area contributed by atoms with E-state index in [4.69, 9.17) is 4.74 Å². The molecule has 338 valence electrons. The van der Waals surface area contributed by atoms with Crippen molar-refractivity contribution >= 4 is 34.0 Å². The lowest BCUT2D eigenvalue weighted by molar-refractivity contribution is -0.688. The lowest BCUT2D eigenvalue weighted by Crippen LogP contribution is -2.81. The van der Waals surface area contributed by atoms with Crippen LogP contribution in [0.3, 0.4) is 0 Å². The number of hydrogen-bond acceptors (Lipinski definition) is 3. The van der Waals surface area contributed by atoms with Gasteiger partial charge in [-0.05, 0) is 18.6 Å². The molecule has 0 radical (unpaired) electrons. The second kappa shape index (κ2) is 18.6. The molecular weight excluding hydrogens is 919 g/mol. The van der Waals surface area contributed by atoms with Gasteiger partial charge in [-0.15, -0.1) is 21.9 Å². The smallest absolute Gasteiger partial charge is 0.338 e. The number of benzene rings is 5. The summed E-state index contributed by atoms with van der Waals surface area (Å²) in [5, 5.41) is 0. The molecule has 0 amide bonds. The maximum atomic E-state index is 15.4. The van der Waals surface area contributed by atoms with Crippen LogP contribution in [0.25, 0.3) is 0 Å². The standard InChI is InChI=1S/C24BF20.C15H17N2O2/c26-5-1(6(27)14(35)21(42)13(5)34)25(2-7(28)15(36)22(43)16(37)8(2)29,3-9(30)17(38)23(44)18(39)10(3)31)4-11(32)19(40)24(45)20(41)12(4)33;1-2-11-19-15(18)14-5-3-13(4-6-14)12-17-9-7-16-8-10-17/h;3-10H,2,11-12H2,1H3/q-1;+1. The zero-order valence-corrected chi connectivity index (χ0v) is 31.1. The van der Waals surface area contributed by atoms with Gasteiger partial charge in [0.2, 0.25) is 0 Å². The number of rotatable bonds is 9. The Kier molecular flexibility index (Phi) is 14.0. The Morgan fingerprint density at radius 2 is 0.719 bits per heavy atom. The van der Waals surface area contributed by atoms with Crippen LogP contribution >= 0.6 is 0 Å². The van der Waals surface area contributed by atoms with E-state index in [1.54, 1.807) is 24.5 Å². The van der Waals surface area contributed by atoms with Crippen LogP contribution in [0.5, 0.6) is 0 Å². The van der Waals surface area contributed by atoms with E-state index in [1.807, 2.05) is 36.0 Å². The number of carbonyl (C=O) groups excluding carboxylic acids is 1. The highest BCUT2D eigenvalue weighted by Crippen LogP contribution is 2.30. The molecule has 4 nitrogen and oxygen atoms in total. The van der Waals surface area contributed by atoms with E-state index in [1.165, 1.54) is 0 Å². The molecule has 5 aromatic carbocycles. The molecule has 0 unspecified atom stereocenters. The highest BCUT2D eigenvalue weighted by molar-refractivity contribution is 7.20. The van der Waals surface area contributed by atoms with Crippen molar-refractivity contribution in [1.29, 1.82) is 0 Å². The molecule has 1 aromatic heterocycles. The minimum atomic E-state index is -7.22. The zero-order valence-electron chi connectivity index (χ0n) is 31.1. The second-order valence-corrected chi connectivity index (χ2v) is 13.1. The van der Waals surface area contributed by atoms with Crippen molar-refractivity contribution < 1.29 is 102 Å². The van der Waals surface area contributed by atoms with Crippen molar-refractivity contribution in [1.82, 2.24) is 4.98 Å². The van der Waals surface area contributed by atoms with Gasteiger partial charge < -0.3 is 4.74 Å². The van der Waals surface area contributed by atoms with Gasteiger partial charge in [-0.2, -0.15) is 4.57 Å². The molecule has 0 aliphatic rings. The zero-order chi connectivity index (χ0) is 47.9. The molecular formula is C39H17BF20N2O2. The fraction of sp³-hybridized carbons (Fsp3) is 0.103. The van der Waals surface area contributed by atoms with Crippen molar-refractivity contribution in [2.24, 2.45) is 0 Å². The Morgan fingerprint density at radius 3 is 0.984 bits per heavy atom. The number of esters is 1. The summed E-state index contributed by atoms with van der Waals surface area (Å²) in [6, 6.07) is 7.48. The maximum Gasteiger partial charge on any atom is 0.338 e. The maximum absolute atomic E-state index is 15.4. The molecule has 0 aliphatic heterocycles. The highest BCUT2D eigenvalue weighted by Gasteiger charge is 2.52. The molecule has 1 heterocycles. The number of halogens is 20. The average molecular weight is 936 g/mol. The lowest BCUT2D eigenvalue weighted by atomic mass is 9.12. The van der Waals surface area contributed by atoms with Gasteiger partial charge in [-0.25, -0.2) is 92.6 Å². The summed E-state index contributed by atoms with van der Waals surface area (Å²) in [6.45, 7) is 3.20. The van der Waals surface area contributed by atoms with E-state index >= 15 is 35.1 Å². The molecule has 64 heavy (non-hydrogen) atoms. The Bertz CT molecular complexity index is 2430. The summed E-state index contributed by atoms with van der Waals surface area (Å²) < 4.78 is 301. The molecule has 0 saturated heterocycles. The van der Waals surface area contributed by atoms with Gasteiger partial charge in [0, 0.05) is 5.56 Å². The third-order valence-electron chi connectivity index (χ3n) is 9.39. The van der Waals surface area contributed by atoms with Crippen molar-refractivity contribution in [2.75, 3.05) is 6.61 Å². The van der Waals surface area contributed by atoms with Gasteiger partial charge in [0.05, 0.1) is 24.6 Å². The molecule has 25 heteroatoms. The van der Waals surface area contributed by atoms with Crippen molar-refractivity contribution in [3.63, 3.8) is 0 Å². The quantitative estimate of drug-likeness (QED) is 0.0371. The molecule has 6 rings (SSSR count). The number of aromatic nitrogens is 2. The van der Waals surface area contributed by atoms with Crippen LogP contribution in [-0.2, 0) is 11.3 Å². The van der Waals surface area contributed by atoms with Crippen LogP contribution in [0.4, 0.5) is 87.8 Å². The van der Waals surface area contributed by atoms with E-state index in [0.29, 0.717) is 12.2 Å². The van der Waals surface area contributed by atoms with E-state index in [9.17, 15) is 57.5 Å².